The molecule has 0 aromatic carbocycles. The van der Waals surface area contributed by atoms with Crippen LogP contribution >= 0.6 is 0 Å². The molecule has 1 aliphatic rings. The number of ether oxygens (including phenoxy) is 1. The Kier molecular flexibility index (Phi) is 2.44. The van der Waals surface area contributed by atoms with Gasteiger partial charge in [0.2, 0.25) is 0 Å². The highest BCUT2D eigenvalue weighted by molar-refractivity contribution is 5.47. The lowest BCUT2D eigenvalue weighted by molar-refractivity contribution is 0.0528. The van der Waals surface area contributed by atoms with Crippen LogP contribution < -0.4 is 4.90 Å². The van der Waals surface area contributed by atoms with Crippen molar-refractivity contribution in [2.45, 2.75) is 20.0 Å². The molecule has 0 bridgehead atoms. The van der Waals surface area contributed by atoms with Crippen LogP contribution in [-0.2, 0) is 4.74 Å². The van der Waals surface area contributed by atoms with Crippen molar-refractivity contribution in [3.8, 4) is 0 Å². The largest absolute Gasteiger partial charge is 0.375 e. The van der Waals surface area contributed by atoms with Crippen molar-refractivity contribution < 1.29 is 4.74 Å². The first-order valence-corrected chi connectivity index (χ1v) is 5.78. The molecule has 1 saturated heterocycles. The summed E-state index contributed by atoms with van der Waals surface area (Å²) in [5.41, 5.74) is 0.958. The van der Waals surface area contributed by atoms with Crippen LogP contribution in [0.4, 0.5) is 5.82 Å². The molecule has 0 spiro atoms. The Hall–Kier alpha value is -1.69. The lowest BCUT2D eigenvalue weighted by Gasteiger charge is -2.32. The van der Waals surface area contributed by atoms with Gasteiger partial charge in [0.25, 0.3) is 5.78 Å². The molecule has 3 heterocycles. The molecule has 17 heavy (non-hydrogen) atoms. The molecule has 1 unspecified atom stereocenters. The molecular weight excluding hydrogens is 218 g/mol. The average molecular weight is 233 g/mol. The van der Waals surface area contributed by atoms with Gasteiger partial charge in [-0.3, -0.25) is 0 Å². The Morgan fingerprint density at radius 1 is 1.47 bits per heavy atom. The van der Waals surface area contributed by atoms with Crippen LogP contribution in [-0.4, -0.2) is 45.4 Å². The van der Waals surface area contributed by atoms with Crippen molar-refractivity contribution in [1.29, 1.82) is 0 Å². The first-order valence-electron chi connectivity index (χ1n) is 5.78. The minimum Gasteiger partial charge on any atom is -0.375 e. The van der Waals surface area contributed by atoms with E-state index in [2.05, 4.69) is 26.9 Å². The fourth-order valence-corrected chi connectivity index (χ4v) is 2.16. The number of aromatic nitrogens is 4. The molecule has 0 radical (unpaired) electrons. The van der Waals surface area contributed by atoms with Crippen molar-refractivity contribution in [3.63, 3.8) is 0 Å². The standard InChI is InChI=1S/C11H15N5O/c1-8-5-10(15-3-4-17-9(2)6-15)16-11(14-8)12-7-13-16/h5,7,9H,3-4,6H2,1-2H3. The molecule has 1 atom stereocenters. The molecule has 2 aromatic rings. The molecule has 90 valence electrons. The third-order valence-electron chi connectivity index (χ3n) is 2.93. The van der Waals surface area contributed by atoms with E-state index in [1.54, 1.807) is 4.52 Å². The number of morpholine rings is 1. The van der Waals surface area contributed by atoms with Gasteiger partial charge in [-0.1, -0.05) is 0 Å². The minimum absolute atomic E-state index is 0.246. The fourth-order valence-electron chi connectivity index (χ4n) is 2.16. The van der Waals surface area contributed by atoms with Crippen molar-refractivity contribution in [3.05, 3.63) is 18.1 Å². The summed E-state index contributed by atoms with van der Waals surface area (Å²) in [6.07, 6.45) is 1.78. The van der Waals surface area contributed by atoms with Crippen LogP contribution in [0.15, 0.2) is 12.4 Å². The minimum atomic E-state index is 0.246. The molecule has 1 aliphatic heterocycles. The van der Waals surface area contributed by atoms with E-state index in [0.717, 1.165) is 31.2 Å². The maximum Gasteiger partial charge on any atom is 0.254 e. The Bertz CT molecular complexity index is 538. The second kappa shape index (κ2) is 3.96. The molecule has 0 aliphatic carbocycles. The maximum atomic E-state index is 5.55. The van der Waals surface area contributed by atoms with Gasteiger partial charge in [0.1, 0.15) is 12.1 Å². The maximum absolute atomic E-state index is 5.55. The summed E-state index contributed by atoms with van der Waals surface area (Å²) in [5, 5.41) is 4.22. The molecule has 6 nitrogen and oxygen atoms in total. The van der Waals surface area contributed by atoms with E-state index >= 15 is 0 Å². The van der Waals surface area contributed by atoms with E-state index in [1.165, 1.54) is 6.33 Å². The topological polar surface area (TPSA) is 55.6 Å². The SMILES string of the molecule is Cc1cc(N2CCOC(C)C2)n2ncnc2n1. The van der Waals surface area contributed by atoms with Gasteiger partial charge in [-0.15, -0.1) is 0 Å². The number of anilines is 1. The molecule has 0 saturated carbocycles. The Labute approximate surface area is 99.2 Å². The van der Waals surface area contributed by atoms with Crippen LogP contribution in [0.2, 0.25) is 0 Å². The highest BCUT2D eigenvalue weighted by Crippen LogP contribution is 2.18. The fraction of sp³-hybridized carbons (Fsp3) is 0.545. The zero-order chi connectivity index (χ0) is 11.8. The number of hydrogen-bond donors (Lipinski definition) is 0. The van der Waals surface area contributed by atoms with Gasteiger partial charge < -0.3 is 9.64 Å². The van der Waals surface area contributed by atoms with Crippen LogP contribution in [0.1, 0.15) is 12.6 Å². The zero-order valence-electron chi connectivity index (χ0n) is 10.00. The van der Waals surface area contributed by atoms with Crippen LogP contribution in [0.5, 0.6) is 0 Å². The summed E-state index contributed by atoms with van der Waals surface area (Å²) in [6.45, 7) is 6.56. The van der Waals surface area contributed by atoms with Gasteiger partial charge in [-0.05, 0) is 13.8 Å². The normalized spacial score (nSPS) is 21.1. The molecule has 3 rings (SSSR count). The van der Waals surface area contributed by atoms with Gasteiger partial charge in [-0.25, -0.2) is 4.98 Å². The predicted molar refractivity (Wildman–Crippen MR) is 63.1 cm³/mol. The van der Waals surface area contributed by atoms with Crippen LogP contribution in [0.3, 0.4) is 0 Å². The van der Waals surface area contributed by atoms with Gasteiger partial charge >= 0.3 is 0 Å². The van der Waals surface area contributed by atoms with Crippen molar-refractivity contribution in [2.24, 2.45) is 0 Å². The third-order valence-corrected chi connectivity index (χ3v) is 2.93. The Morgan fingerprint density at radius 3 is 3.18 bits per heavy atom. The van der Waals surface area contributed by atoms with E-state index in [1.807, 2.05) is 13.0 Å². The van der Waals surface area contributed by atoms with E-state index < -0.39 is 0 Å². The summed E-state index contributed by atoms with van der Waals surface area (Å²) in [5.74, 6) is 1.69. The number of rotatable bonds is 1. The van der Waals surface area contributed by atoms with E-state index in [-0.39, 0.29) is 6.10 Å². The van der Waals surface area contributed by atoms with E-state index in [9.17, 15) is 0 Å². The molecule has 0 N–H and O–H groups in total. The highest BCUT2D eigenvalue weighted by atomic mass is 16.5. The summed E-state index contributed by atoms with van der Waals surface area (Å²) in [6, 6.07) is 2.04. The van der Waals surface area contributed by atoms with Crippen LogP contribution in [0.25, 0.3) is 5.78 Å². The predicted octanol–water partition coefficient (Wildman–Crippen LogP) is 0.658. The van der Waals surface area contributed by atoms with Gasteiger partial charge in [0, 0.05) is 24.8 Å². The summed E-state index contributed by atoms with van der Waals surface area (Å²) in [4.78, 5) is 10.7. The second-order valence-electron chi connectivity index (χ2n) is 4.35. The lowest BCUT2D eigenvalue weighted by atomic mass is 10.3. The number of aryl methyl sites for hydroxylation is 1. The molecule has 6 heteroatoms. The molecular formula is C11H15N5O. The summed E-state index contributed by atoms with van der Waals surface area (Å²) >= 11 is 0. The van der Waals surface area contributed by atoms with E-state index in [0.29, 0.717) is 5.78 Å². The molecule has 1 fully saturated rings. The van der Waals surface area contributed by atoms with E-state index in [4.69, 9.17) is 4.74 Å². The van der Waals surface area contributed by atoms with Gasteiger partial charge in [0.15, 0.2) is 0 Å². The first kappa shape index (κ1) is 10.5. The lowest BCUT2D eigenvalue weighted by Crippen LogP contribution is -2.42. The Balaban J connectivity index is 2.06. The number of fused-ring (bicyclic) bond motifs is 1. The monoisotopic (exact) mass is 233 g/mol. The molecule has 0 amide bonds. The average Bonchev–Trinajstić information content (AvgIpc) is 2.75. The smallest absolute Gasteiger partial charge is 0.254 e. The van der Waals surface area contributed by atoms with Gasteiger partial charge in [-0.2, -0.15) is 14.6 Å². The quantitative estimate of drug-likeness (QED) is 0.724. The third kappa shape index (κ3) is 1.84. The van der Waals surface area contributed by atoms with Crippen LogP contribution in [0, 0.1) is 6.92 Å². The Morgan fingerprint density at radius 2 is 2.35 bits per heavy atom. The number of hydrogen-bond acceptors (Lipinski definition) is 5. The zero-order valence-corrected chi connectivity index (χ0v) is 10.00. The first-order chi connectivity index (χ1) is 8.24. The highest BCUT2D eigenvalue weighted by Gasteiger charge is 2.20. The molecule has 2 aromatic heterocycles. The summed E-state index contributed by atoms with van der Waals surface area (Å²) in [7, 11) is 0. The summed E-state index contributed by atoms with van der Waals surface area (Å²) < 4.78 is 7.33. The second-order valence-corrected chi connectivity index (χ2v) is 4.35. The van der Waals surface area contributed by atoms with Gasteiger partial charge in [0.05, 0.1) is 12.7 Å². The van der Waals surface area contributed by atoms with Crippen molar-refractivity contribution in [1.82, 2.24) is 19.6 Å². The van der Waals surface area contributed by atoms with Crippen molar-refractivity contribution in [2.75, 3.05) is 24.6 Å². The number of nitrogens with zero attached hydrogens (tertiary/aromatic N) is 5. The van der Waals surface area contributed by atoms with Crippen molar-refractivity contribution >= 4 is 11.6 Å².